The maximum atomic E-state index is 12.2. The first kappa shape index (κ1) is 24.0. The quantitative estimate of drug-likeness (QED) is 0.388. The van der Waals surface area contributed by atoms with Crippen molar-refractivity contribution in [1.29, 1.82) is 0 Å². The largest absolute Gasteiger partial charge is 0.356 e. The molecule has 2 aliphatic rings. The highest BCUT2D eigenvalue weighted by Gasteiger charge is 2.40. The molecule has 1 aromatic carbocycles. The van der Waals surface area contributed by atoms with Crippen LogP contribution in [0.3, 0.4) is 0 Å². The van der Waals surface area contributed by atoms with Crippen LogP contribution in [-0.4, -0.2) is 99.0 Å². The number of hydrogen-bond donors (Lipinski definition) is 1. The van der Waals surface area contributed by atoms with Crippen LogP contribution >= 0.6 is 0 Å². The topological polar surface area (TPSA) is 68.2 Å². The van der Waals surface area contributed by atoms with Crippen molar-refractivity contribution in [3.63, 3.8) is 0 Å². The van der Waals surface area contributed by atoms with Gasteiger partial charge in [0.2, 0.25) is 0 Å². The van der Waals surface area contributed by atoms with Crippen LogP contribution < -0.4 is 5.32 Å². The number of benzene rings is 1. The zero-order chi connectivity index (χ0) is 22.3. The number of unbranched alkanes of at least 4 members (excludes halogenated alkanes) is 1. The lowest BCUT2D eigenvalue weighted by molar-refractivity contribution is 0.126. The van der Waals surface area contributed by atoms with Gasteiger partial charge in [0.25, 0.3) is 0 Å². The first-order chi connectivity index (χ1) is 14.8. The van der Waals surface area contributed by atoms with Crippen molar-refractivity contribution >= 4 is 15.8 Å². The van der Waals surface area contributed by atoms with Gasteiger partial charge in [-0.25, -0.2) is 8.42 Å². The molecule has 174 valence electrons. The van der Waals surface area contributed by atoms with E-state index >= 15 is 0 Å². The number of nitrogens with one attached hydrogen (secondary N) is 1. The Kier molecular flexibility index (Phi) is 8.36. The van der Waals surface area contributed by atoms with Crippen molar-refractivity contribution in [2.75, 3.05) is 65.2 Å². The van der Waals surface area contributed by atoms with Crippen LogP contribution in [0.15, 0.2) is 35.3 Å². The molecule has 0 amide bonds. The van der Waals surface area contributed by atoms with Gasteiger partial charge >= 0.3 is 0 Å². The molecule has 1 aromatic rings. The Bertz CT molecular complexity index is 818. The Morgan fingerprint density at radius 3 is 2.35 bits per heavy atom. The van der Waals surface area contributed by atoms with E-state index in [2.05, 4.69) is 55.3 Å². The Morgan fingerprint density at radius 2 is 1.71 bits per heavy atom. The van der Waals surface area contributed by atoms with Gasteiger partial charge in [-0.05, 0) is 38.8 Å². The minimum absolute atomic E-state index is 0.191. The SMILES string of the molecule is CN=C(NCCCCN1CCN(Cc2ccccc2)CC1)N1CCS(=O)(=O)C(C)(C)C1. The average molecular weight is 450 g/mol. The zero-order valence-corrected chi connectivity index (χ0v) is 20.2. The fraction of sp³-hybridized carbons (Fsp3) is 0.696. The maximum Gasteiger partial charge on any atom is 0.193 e. The molecular formula is C23H39N5O2S. The molecule has 2 saturated heterocycles. The summed E-state index contributed by atoms with van der Waals surface area (Å²) < 4.78 is 23.7. The lowest BCUT2D eigenvalue weighted by Gasteiger charge is -2.39. The fourth-order valence-corrected chi connectivity index (χ4v) is 5.70. The van der Waals surface area contributed by atoms with Gasteiger partial charge in [0.1, 0.15) is 0 Å². The summed E-state index contributed by atoms with van der Waals surface area (Å²) in [6.45, 7) is 12.2. The molecule has 0 unspecified atom stereocenters. The van der Waals surface area contributed by atoms with Gasteiger partial charge in [0.15, 0.2) is 15.8 Å². The predicted molar refractivity (Wildman–Crippen MR) is 128 cm³/mol. The van der Waals surface area contributed by atoms with Gasteiger partial charge in [0.05, 0.1) is 10.5 Å². The fourth-order valence-electron chi connectivity index (χ4n) is 4.33. The number of aliphatic imine (C=N–C) groups is 1. The highest BCUT2D eigenvalue weighted by Crippen LogP contribution is 2.23. The molecule has 0 bridgehead atoms. The van der Waals surface area contributed by atoms with Crippen LogP contribution in [-0.2, 0) is 16.4 Å². The van der Waals surface area contributed by atoms with Crippen molar-refractivity contribution in [2.45, 2.75) is 38.0 Å². The van der Waals surface area contributed by atoms with Gasteiger partial charge in [-0.1, -0.05) is 30.3 Å². The number of guanidine groups is 1. The van der Waals surface area contributed by atoms with Crippen LogP contribution in [0.1, 0.15) is 32.3 Å². The maximum absolute atomic E-state index is 12.2. The Hall–Kier alpha value is -1.64. The minimum atomic E-state index is -3.03. The third-order valence-corrected chi connectivity index (χ3v) is 8.99. The van der Waals surface area contributed by atoms with Crippen molar-refractivity contribution in [3.05, 3.63) is 35.9 Å². The highest BCUT2D eigenvalue weighted by atomic mass is 32.2. The molecule has 2 fully saturated rings. The molecule has 1 N–H and O–H groups in total. The van der Waals surface area contributed by atoms with Crippen LogP contribution in [0, 0.1) is 0 Å². The summed E-state index contributed by atoms with van der Waals surface area (Å²) in [5.74, 6) is 1.01. The van der Waals surface area contributed by atoms with Crippen molar-refractivity contribution in [3.8, 4) is 0 Å². The third-order valence-electron chi connectivity index (χ3n) is 6.45. The highest BCUT2D eigenvalue weighted by molar-refractivity contribution is 7.92. The molecule has 3 rings (SSSR count). The molecule has 0 saturated carbocycles. The van der Waals surface area contributed by atoms with Gasteiger partial charge in [-0.3, -0.25) is 9.89 Å². The normalized spacial score (nSPS) is 22.4. The van der Waals surface area contributed by atoms with Crippen LogP contribution in [0.2, 0.25) is 0 Å². The van der Waals surface area contributed by atoms with E-state index in [-0.39, 0.29) is 5.75 Å². The molecule has 31 heavy (non-hydrogen) atoms. The predicted octanol–water partition coefficient (Wildman–Crippen LogP) is 1.67. The summed E-state index contributed by atoms with van der Waals surface area (Å²) in [6, 6.07) is 10.7. The van der Waals surface area contributed by atoms with Gasteiger partial charge < -0.3 is 15.1 Å². The zero-order valence-electron chi connectivity index (χ0n) is 19.4. The summed E-state index contributed by atoms with van der Waals surface area (Å²) >= 11 is 0. The lowest BCUT2D eigenvalue weighted by atomic mass is 10.2. The van der Waals surface area contributed by atoms with Gasteiger partial charge in [-0.2, -0.15) is 0 Å². The van der Waals surface area contributed by atoms with E-state index < -0.39 is 14.6 Å². The van der Waals surface area contributed by atoms with E-state index in [0.717, 1.165) is 64.6 Å². The van der Waals surface area contributed by atoms with Crippen LogP contribution in [0.5, 0.6) is 0 Å². The third kappa shape index (κ3) is 6.67. The van der Waals surface area contributed by atoms with Gasteiger partial charge in [0, 0.05) is 59.4 Å². The molecule has 8 heteroatoms. The summed E-state index contributed by atoms with van der Waals surface area (Å²) in [4.78, 5) is 11.6. The molecular weight excluding hydrogens is 410 g/mol. The number of rotatable bonds is 7. The van der Waals surface area contributed by atoms with E-state index in [4.69, 9.17) is 0 Å². The van der Waals surface area contributed by atoms with Crippen molar-refractivity contribution in [1.82, 2.24) is 20.0 Å². The van der Waals surface area contributed by atoms with E-state index in [9.17, 15) is 8.42 Å². The second-order valence-electron chi connectivity index (χ2n) is 9.28. The summed E-state index contributed by atoms with van der Waals surface area (Å²) in [6.07, 6.45) is 2.24. The summed E-state index contributed by atoms with van der Waals surface area (Å²) in [7, 11) is -1.26. The smallest absolute Gasteiger partial charge is 0.193 e. The number of nitrogens with zero attached hydrogens (tertiary/aromatic N) is 4. The van der Waals surface area contributed by atoms with Crippen molar-refractivity contribution < 1.29 is 8.42 Å². The van der Waals surface area contributed by atoms with E-state index in [0.29, 0.717) is 13.1 Å². The number of piperazine rings is 1. The molecule has 0 aromatic heterocycles. The second kappa shape index (κ2) is 10.8. The van der Waals surface area contributed by atoms with Crippen LogP contribution in [0.4, 0.5) is 0 Å². The average Bonchev–Trinajstić information content (AvgIpc) is 2.75. The van der Waals surface area contributed by atoms with E-state index in [1.807, 2.05) is 0 Å². The lowest BCUT2D eigenvalue weighted by Crippen LogP contribution is -2.57. The van der Waals surface area contributed by atoms with E-state index in [1.54, 1.807) is 20.9 Å². The molecule has 0 radical (unpaired) electrons. The Morgan fingerprint density at radius 1 is 1.03 bits per heavy atom. The molecule has 0 spiro atoms. The first-order valence-corrected chi connectivity index (χ1v) is 13.1. The molecule has 2 aliphatic heterocycles. The molecule has 0 aliphatic carbocycles. The van der Waals surface area contributed by atoms with Gasteiger partial charge in [-0.15, -0.1) is 0 Å². The van der Waals surface area contributed by atoms with Crippen LogP contribution in [0.25, 0.3) is 0 Å². The Labute approximate surface area is 188 Å². The number of sulfone groups is 1. The molecule has 0 atom stereocenters. The standard InChI is InChI=1S/C23H39N5O2S/c1-23(2)20-28(17-18-31(23,29)30)22(24-3)25-11-7-8-12-26-13-15-27(16-14-26)19-21-9-5-4-6-10-21/h4-6,9-10H,7-8,11-20H2,1-3H3,(H,24,25). The number of hydrogen-bond acceptors (Lipinski definition) is 5. The summed E-state index contributed by atoms with van der Waals surface area (Å²) in [5, 5.41) is 3.43. The minimum Gasteiger partial charge on any atom is -0.356 e. The van der Waals surface area contributed by atoms with E-state index in [1.165, 1.54) is 5.56 Å². The second-order valence-corrected chi connectivity index (χ2v) is 12.0. The molecule has 2 heterocycles. The summed E-state index contributed by atoms with van der Waals surface area (Å²) in [5.41, 5.74) is 1.39. The Balaban J connectivity index is 1.31. The first-order valence-electron chi connectivity index (χ1n) is 11.5. The van der Waals surface area contributed by atoms with Crippen molar-refractivity contribution in [2.24, 2.45) is 4.99 Å². The molecule has 7 nitrogen and oxygen atoms in total. The monoisotopic (exact) mass is 449 g/mol.